The Morgan fingerprint density at radius 1 is 0.689 bits per heavy atom. The maximum atomic E-state index is 6.10. The van der Waals surface area contributed by atoms with Gasteiger partial charge in [-0.25, -0.2) is 0 Å². The molecule has 2 radical (unpaired) electrons. The molecule has 1 fully saturated rings. The van der Waals surface area contributed by atoms with E-state index in [4.69, 9.17) is 28.9 Å². The van der Waals surface area contributed by atoms with Crippen molar-refractivity contribution in [3.05, 3.63) is 87.1 Å². The first-order chi connectivity index (χ1) is 21.0. The fourth-order valence-corrected chi connectivity index (χ4v) is 9.12. The number of methoxy groups -OCH3 is 2. The van der Waals surface area contributed by atoms with Crippen LogP contribution in [0.25, 0.3) is 0 Å². The molecule has 1 saturated heterocycles. The van der Waals surface area contributed by atoms with Gasteiger partial charge >= 0.3 is 147 Å². The molecule has 0 N–H and O–H groups in total. The minimum Gasteiger partial charge on any atom is -0.339 e. The molecule has 45 heavy (non-hydrogen) atoms. The third kappa shape index (κ3) is 7.58. The number of hydrogen-bond donors (Lipinski definition) is 0. The van der Waals surface area contributed by atoms with Gasteiger partial charge < -0.3 is 9.80 Å². The molecule has 0 unspecified atom stereocenters. The molecule has 0 spiro atoms. The second kappa shape index (κ2) is 14.0. The fourth-order valence-electron chi connectivity index (χ4n) is 7.36. The molecule has 2 aliphatic rings. The summed E-state index contributed by atoms with van der Waals surface area (Å²) in [6.45, 7) is 27.7. The molecule has 7 heteroatoms. The maximum Gasteiger partial charge on any atom is 0.208 e. The smallest absolute Gasteiger partial charge is 0.208 e. The van der Waals surface area contributed by atoms with Gasteiger partial charge in [0.2, 0.25) is 6.67 Å². The van der Waals surface area contributed by atoms with E-state index in [1.165, 1.54) is 55.9 Å². The van der Waals surface area contributed by atoms with Crippen LogP contribution >= 0.6 is 19.4 Å². The molecule has 3 aromatic carbocycles. The summed E-state index contributed by atoms with van der Waals surface area (Å²) in [7, 11) is 15.6. The second-order valence-electron chi connectivity index (χ2n) is 13.9. The number of aryl methyl sites for hydroxylation is 6. The first-order valence-electron chi connectivity index (χ1n) is 15.6. The van der Waals surface area contributed by atoms with Crippen LogP contribution in [-0.2, 0) is 24.3 Å². The van der Waals surface area contributed by atoms with Gasteiger partial charge in [0.25, 0.3) is 0 Å². The molecule has 0 bridgehead atoms. The van der Waals surface area contributed by atoms with Crippen LogP contribution in [-0.4, -0.2) is 31.9 Å². The fraction of sp³-hybridized carbons (Fsp3) is 0.474. The van der Waals surface area contributed by atoms with Crippen molar-refractivity contribution in [1.29, 1.82) is 0 Å². The Morgan fingerprint density at radius 2 is 1.11 bits per heavy atom. The summed E-state index contributed by atoms with van der Waals surface area (Å²) >= 11 is -1.94. The summed E-state index contributed by atoms with van der Waals surface area (Å²) in [6.07, 6.45) is 2.23. The Labute approximate surface area is 285 Å². The van der Waals surface area contributed by atoms with Gasteiger partial charge in [0.05, 0.1) is 0 Å². The summed E-state index contributed by atoms with van der Waals surface area (Å²) in [5.74, 6) is 1.80. The zero-order chi connectivity index (χ0) is 33.4. The van der Waals surface area contributed by atoms with Gasteiger partial charge in [0.15, 0.2) is 0 Å². The van der Waals surface area contributed by atoms with Crippen molar-refractivity contribution in [2.75, 3.05) is 37.1 Å². The first kappa shape index (κ1) is 35.8. The van der Waals surface area contributed by atoms with Gasteiger partial charge in [-0.3, -0.25) is 0 Å². The minimum atomic E-state index is -1.94. The van der Waals surface area contributed by atoms with E-state index in [1.807, 2.05) is 10.7 Å². The molecule has 0 aromatic heterocycles. The average molecular weight is 739 g/mol. The molecule has 1 aliphatic carbocycles. The van der Waals surface area contributed by atoms with Crippen LogP contribution in [0.4, 0.5) is 11.4 Å². The van der Waals surface area contributed by atoms with Gasteiger partial charge in [0, 0.05) is 24.5 Å². The van der Waals surface area contributed by atoms with Gasteiger partial charge in [-0.2, -0.15) is 0 Å². The Kier molecular flexibility index (Phi) is 11.1. The largest absolute Gasteiger partial charge is 0.339 e. The van der Waals surface area contributed by atoms with Gasteiger partial charge in [-0.1, -0.05) is 35.4 Å². The summed E-state index contributed by atoms with van der Waals surface area (Å²) in [4.78, 5) is 4.56. The average Bonchev–Trinajstić information content (AvgIpc) is 3.38. The third-order valence-electron chi connectivity index (χ3n) is 9.21. The van der Waals surface area contributed by atoms with E-state index in [0.717, 1.165) is 43.0 Å². The van der Waals surface area contributed by atoms with E-state index in [9.17, 15) is 0 Å². The van der Waals surface area contributed by atoms with E-state index < -0.39 is 13.5 Å². The quantitative estimate of drug-likeness (QED) is 0.244. The molecule has 5 rings (SSSR count). The summed E-state index contributed by atoms with van der Waals surface area (Å²) in [5.41, 5.74) is 14.1. The molecule has 0 saturated carbocycles. The third-order valence-corrected chi connectivity index (χ3v) is 11.0. The van der Waals surface area contributed by atoms with Gasteiger partial charge in [-0.05, 0) is 63.8 Å². The Balaban J connectivity index is 0.000000205. The van der Waals surface area contributed by atoms with E-state index in [2.05, 4.69) is 110 Å². The monoisotopic (exact) mass is 738 g/mol. The SMILES string of the molecule is COc1cc([CH]=[Ru]([Cl])[Cl])c(OC)c2c1C(C)(C)CCC2(C)C.Cc1cc(C)c(N2[C]N(c3c(C)cc(C)cc3C)CC2)c(C)c1. The van der Waals surface area contributed by atoms with E-state index in [1.54, 1.807) is 14.2 Å². The van der Waals surface area contributed by atoms with Crippen molar-refractivity contribution in [3.8, 4) is 11.5 Å². The molecular formula is C38H50Cl2N2O2Ru. The van der Waals surface area contributed by atoms with Crippen LogP contribution < -0.4 is 19.3 Å². The Morgan fingerprint density at radius 3 is 1.49 bits per heavy atom. The topological polar surface area (TPSA) is 24.9 Å². The van der Waals surface area contributed by atoms with Crippen LogP contribution in [0.5, 0.6) is 11.5 Å². The summed E-state index contributed by atoms with van der Waals surface area (Å²) in [6, 6.07) is 11.1. The second-order valence-corrected chi connectivity index (χ2v) is 19.6. The van der Waals surface area contributed by atoms with Crippen molar-refractivity contribution < 1.29 is 23.0 Å². The Bertz CT molecular complexity index is 1500. The first-order valence-corrected chi connectivity index (χ1v) is 21.1. The van der Waals surface area contributed by atoms with Crippen molar-refractivity contribution in [2.24, 2.45) is 0 Å². The maximum absolute atomic E-state index is 6.10. The molecule has 1 aliphatic heterocycles. The molecule has 0 atom stereocenters. The number of halogens is 2. The molecule has 246 valence electrons. The normalized spacial score (nSPS) is 16.9. The zero-order valence-electron chi connectivity index (χ0n) is 29.1. The number of fused-ring (bicyclic) bond motifs is 1. The van der Waals surface area contributed by atoms with Crippen molar-refractivity contribution in [3.63, 3.8) is 0 Å². The number of anilines is 2. The van der Waals surface area contributed by atoms with Crippen LogP contribution in [0, 0.1) is 48.2 Å². The van der Waals surface area contributed by atoms with Crippen LogP contribution in [0.1, 0.15) is 90.6 Å². The number of nitrogens with zero attached hydrogens (tertiary/aromatic N) is 2. The number of rotatable bonds is 5. The van der Waals surface area contributed by atoms with E-state index >= 15 is 0 Å². The van der Waals surface area contributed by atoms with Gasteiger partial charge in [0.1, 0.15) is 0 Å². The summed E-state index contributed by atoms with van der Waals surface area (Å²) < 4.78 is 13.4. The van der Waals surface area contributed by atoms with Gasteiger partial charge in [-0.15, -0.1) is 0 Å². The van der Waals surface area contributed by atoms with Crippen molar-refractivity contribution in [1.82, 2.24) is 0 Å². The molecule has 0 amide bonds. The molecule has 1 heterocycles. The summed E-state index contributed by atoms with van der Waals surface area (Å²) in [5, 5.41) is 0. The number of benzene rings is 3. The molecule has 4 nitrogen and oxygen atoms in total. The van der Waals surface area contributed by atoms with Crippen LogP contribution in [0.15, 0.2) is 30.3 Å². The van der Waals surface area contributed by atoms with E-state index in [0.29, 0.717) is 0 Å². The number of hydrogen-bond acceptors (Lipinski definition) is 4. The predicted octanol–water partition coefficient (Wildman–Crippen LogP) is 9.99. The zero-order valence-corrected chi connectivity index (χ0v) is 32.4. The van der Waals surface area contributed by atoms with Crippen LogP contribution in [0.2, 0.25) is 0 Å². The standard InChI is InChI=1S/C21H26N2.C17H24O2.2ClH.Ru/c1-14-9-16(3)20(17(4)10-14)22-7-8-23(13-22)21-18(5)11-15(2)12-19(21)6;1-11-10-12(18-6)13-14(15(11)19-7)17(4,5)9-8-16(13,2)3;;;/h9-12H,7-8H2,1-6H3;1,10H,8-9H2,2-7H3;2*1H;/q;;;;+2/p-2. The number of ether oxygens (including phenoxy) is 2. The molecular weight excluding hydrogens is 688 g/mol. The predicted molar refractivity (Wildman–Crippen MR) is 191 cm³/mol. The Hall–Kier alpha value is -2.07. The van der Waals surface area contributed by atoms with Crippen molar-refractivity contribution >= 4 is 35.4 Å². The van der Waals surface area contributed by atoms with Crippen LogP contribution in [0.3, 0.4) is 0 Å². The minimum absolute atomic E-state index is 0.0313. The van der Waals surface area contributed by atoms with E-state index in [-0.39, 0.29) is 10.8 Å². The molecule has 3 aromatic rings. The van der Waals surface area contributed by atoms with Crippen molar-refractivity contribution in [2.45, 2.75) is 92.9 Å².